The second-order valence-electron chi connectivity index (χ2n) is 4.76. The summed E-state index contributed by atoms with van der Waals surface area (Å²) in [6.07, 6.45) is 10.1. The van der Waals surface area contributed by atoms with Gasteiger partial charge in [0, 0.05) is 5.92 Å². The van der Waals surface area contributed by atoms with Crippen molar-refractivity contribution in [3.05, 3.63) is 23.3 Å². The average Bonchev–Trinajstić information content (AvgIpc) is 2.18. The summed E-state index contributed by atoms with van der Waals surface area (Å²) in [5, 5.41) is 0. The van der Waals surface area contributed by atoms with Crippen molar-refractivity contribution < 1.29 is 4.79 Å². The van der Waals surface area contributed by atoms with Crippen LogP contribution < -0.4 is 0 Å². The first-order valence-electron chi connectivity index (χ1n) is 5.91. The zero-order chi connectivity index (χ0) is 11.3. The Balaban J connectivity index is 2.34. The molecular weight excluding hydrogens is 184 g/mol. The van der Waals surface area contributed by atoms with Crippen LogP contribution in [0.2, 0.25) is 0 Å². The predicted molar refractivity (Wildman–Crippen MR) is 64.8 cm³/mol. The first-order valence-corrected chi connectivity index (χ1v) is 5.91. The maximum atomic E-state index is 11.2. The lowest BCUT2D eigenvalue weighted by Gasteiger charge is -2.19. The third kappa shape index (κ3) is 4.46. The molecule has 1 atom stereocenters. The van der Waals surface area contributed by atoms with Crippen molar-refractivity contribution in [1.82, 2.24) is 0 Å². The molecule has 15 heavy (non-hydrogen) atoms. The lowest BCUT2D eigenvalue weighted by molar-refractivity contribution is -0.120. The van der Waals surface area contributed by atoms with Crippen LogP contribution >= 0.6 is 0 Å². The fraction of sp³-hybridized carbons (Fsp3) is 0.643. The molecule has 0 amide bonds. The summed E-state index contributed by atoms with van der Waals surface area (Å²) in [6, 6.07) is 0. The van der Waals surface area contributed by atoms with Crippen LogP contribution in [-0.2, 0) is 4.79 Å². The van der Waals surface area contributed by atoms with Crippen LogP contribution in [0.15, 0.2) is 23.3 Å². The van der Waals surface area contributed by atoms with Gasteiger partial charge in [-0.3, -0.25) is 4.79 Å². The maximum absolute atomic E-state index is 11.2. The number of allylic oxidation sites excluding steroid dienone is 4. The Bertz CT molecular complexity index is 280. The Morgan fingerprint density at radius 1 is 1.47 bits per heavy atom. The van der Waals surface area contributed by atoms with Crippen LogP contribution in [0.25, 0.3) is 0 Å². The lowest BCUT2D eigenvalue weighted by atomic mass is 9.86. The first kappa shape index (κ1) is 12.2. The van der Waals surface area contributed by atoms with E-state index >= 15 is 0 Å². The molecule has 0 aromatic rings. The summed E-state index contributed by atoms with van der Waals surface area (Å²) < 4.78 is 0. The van der Waals surface area contributed by atoms with E-state index in [0.717, 1.165) is 25.7 Å². The molecule has 0 spiro atoms. The third-order valence-electron chi connectivity index (χ3n) is 3.10. The van der Waals surface area contributed by atoms with E-state index in [1.165, 1.54) is 12.0 Å². The van der Waals surface area contributed by atoms with E-state index in [-0.39, 0.29) is 0 Å². The minimum Gasteiger partial charge on any atom is -0.300 e. The summed E-state index contributed by atoms with van der Waals surface area (Å²) in [6.45, 7) is 5.99. The minimum atomic E-state index is 0.303. The van der Waals surface area contributed by atoms with Gasteiger partial charge >= 0.3 is 0 Å². The summed E-state index contributed by atoms with van der Waals surface area (Å²) in [5.41, 5.74) is 2.94. The molecule has 0 N–H and O–H groups in total. The number of hydrogen-bond donors (Lipinski definition) is 0. The van der Waals surface area contributed by atoms with Gasteiger partial charge in [0.2, 0.25) is 0 Å². The Morgan fingerprint density at radius 2 is 2.20 bits per heavy atom. The number of Topliss-reactive ketones (excluding diaryl/α,β-unsaturated/α-hetero) is 1. The highest BCUT2D eigenvalue weighted by atomic mass is 16.1. The Hall–Kier alpha value is -0.850. The van der Waals surface area contributed by atoms with E-state index in [4.69, 9.17) is 0 Å². The van der Waals surface area contributed by atoms with E-state index in [2.05, 4.69) is 26.0 Å². The number of carbonyl (C=O) groups is 1. The number of rotatable bonds is 4. The fourth-order valence-electron chi connectivity index (χ4n) is 2.03. The molecule has 0 aromatic carbocycles. The zero-order valence-electron chi connectivity index (χ0n) is 10.2. The fourth-order valence-corrected chi connectivity index (χ4v) is 2.03. The smallest absolute Gasteiger partial charge is 0.133 e. The van der Waals surface area contributed by atoms with Gasteiger partial charge in [-0.25, -0.2) is 0 Å². The van der Waals surface area contributed by atoms with Gasteiger partial charge in [0.1, 0.15) is 5.78 Å². The summed E-state index contributed by atoms with van der Waals surface area (Å²) in [5.74, 6) is 0.659. The molecule has 84 valence electrons. The second-order valence-corrected chi connectivity index (χ2v) is 4.76. The Morgan fingerprint density at radius 3 is 2.67 bits per heavy atom. The van der Waals surface area contributed by atoms with Gasteiger partial charge in [-0.05, 0) is 52.9 Å². The minimum absolute atomic E-state index is 0.303. The van der Waals surface area contributed by atoms with Crippen LogP contribution in [-0.4, -0.2) is 5.78 Å². The second kappa shape index (κ2) is 5.89. The first-order chi connectivity index (χ1) is 7.09. The largest absolute Gasteiger partial charge is 0.300 e. The van der Waals surface area contributed by atoms with Gasteiger partial charge < -0.3 is 0 Å². The van der Waals surface area contributed by atoms with E-state index in [9.17, 15) is 4.79 Å². The predicted octanol–water partition coefficient (Wildman–Crippen LogP) is 4.05. The lowest BCUT2D eigenvalue weighted by Crippen LogP contribution is -2.13. The monoisotopic (exact) mass is 206 g/mol. The molecule has 0 aromatic heterocycles. The molecule has 1 unspecified atom stereocenters. The third-order valence-corrected chi connectivity index (χ3v) is 3.10. The molecule has 1 heteroatoms. The molecule has 0 saturated heterocycles. The molecule has 0 radical (unpaired) electrons. The van der Waals surface area contributed by atoms with Crippen LogP contribution in [0.5, 0.6) is 0 Å². The molecular formula is C14H22O. The van der Waals surface area contributed by atoms with Crippen molar-refractivity contribution in [1.29, 1.82) is 0 Å². The van der Waals surface area contributed by atoms with Crippen molar-refractivity contribution in [2.24, 2.45) is 5.92 Å². The number of ketones is 1. The van der Waals surface area contributed by atoms with Gasteiger partial charge in [-0.1, -0.05) is 23.3 Å². The van der Waals surface area contributed by atoms with Crippen molar-refractivity contribution in [3.63, 3.8) is 0 Å². The Labute approximate surface area is 93.3 Å². The SMILES string of the molecule is CC(=O)C1CC=C(CCC=C(C)C)CC1. The summed E-state index contributed by atoms with van der Waals surface area (Å²) in [7, 11) is 0. The van der Waals surface area contributed by atoms with E-state index in [1.54, 1.807) is 12.5 Å². The number of carbonyl (C=O) groups excluding carboxylic acids is 1. The maximum Gasteiger partial charge on any atom is 0.133 e. The highest BCUT2D eigenvalue weighted by Crippen LogP contribution is 2.26. The quantitative estimate of drug-likeness (QED) is 0.634. The Kier molecular flexibility index (Phi) is 4.80. The van der Waals surface area contributed by atoms with Gasteiger partial charge in [-0.2, -0.15) is 0 Å². The van der Waals surface area contributed by atoms with Crippen LogP contribution in [0.4, 0.5) is 0 Å². The van der Waals surface area contributed by atoms with E-state index < -0.39 is 0 Å². The molecule has 1 aliphatic carbocycles. The van der Waals surface area contributed by atoms with Crippen molar-refractivity contribution in [2.45, 2.75) is 52.9 Å². The van der Waals surface area contributed by atoms with Crippen LogP contribution in [0.3, 0.4) is 0 Å². The molecule has 0 fully saturated rings. The molecule has 1 aliphatic rings. The van der Waals surface area contributed by atoms with Gasteiger partial charge in [0.15, 0.2) is 0 Å². The summed E-state index contributed by atoms with van der Waals surface area (Å²) in [4.78, 5) is 11.2. The van der Waals surface area contributed by atoms with Crippen LogP contribution in [0.1, 0.15) is 52.9 Å². The van der Waals surface area contributed by atoms with Crippen molar-refractivity contribution >= 4 is 5.78 Å². The molecule has 1 nitrogen and oxygen atoms in total. The van der Waals surface area contributed by atoms with Crippen molar-refractivity contribution in [2.75, 3.05) is 0 Å². The van der Waals surface area contributed by atoms with E-state index in [1.807, 2.05) is 0 Å². The molecule has 0 heterocycles. The van der Waals surface area contributed by atoms with E-state index in [0.29, 0.717) is 11.7 Å². The highest BCUT2D eigenvalue weighted by Gasteiger charge is 2.17. The standard InChI is InChI=1S/C14H22O/c1-11(2)5-4-6-13-7-9-14(10-8-13)12(3)15/h5,7,14H,4,6,8-10H2,1-3H3. The van der Waals surface area contributed by atoms with Gasteiger partial charge in [-0.15, -0.1) is 0 Å². The van der Waals surface area contributed by atoms with Crippen molar-refractivity contribution in [3.8, 4) is 0 Å². The zero-order valence-corrected chi connectivity index (χ0v) is 10.2. The molecule has 0 saturated carbocycles. The average molecular weight is 206 g/mol. The topological polar surface area (TPSA) is 17.1 Å². The number of hydrogen-bond acceptors (Lipinski definition) is 1. The van der Waals surface area contributed by atoms with Gasteiger partial charge in [0.05, 0.1) is 0 Å². The molecule has 1 rings (SSSR count). The molecule has 0 bridgehead atoms. The van der Waals surface area contributed by atoms with Gasteiger partial charge in [0.25, 0.3) is 0 Å². The molecule has 0 aliphatic heterocycles. The highest BCUT2D eigenvalue weighted by molar-refractivity contribution is 5.78. The summed E-state index contributed by atoms with van der Waals surface area (Å²) >= 11 is 0. The normalized spacial score (nSPS) is 20.7. The van der Waals surface area contributed by atoms with Crippen LogP contribution in [0, 0.1) is 5.92 Å².